The molecule has 150 valence electrons. The maximum absolute atomic E-state index is 11.4. The first-order valence-corrected chi connectivity index (χ1v) is 10.0. The van der Waals surface area contributed by atoms with Crippen LogP contribution in [0.3, 0.4) is 0 Å². The van der Waals surface area contributed by atoms with Crippen LogP contribution in [0.4, 0.5) is 0 Å². The van der Waals surface area contributed by atoms with Crippen LogP contribution in [0.5, 0.6) is 0 Å². The lowest BCUT2D eigenvalue weighted by molar-refractivity contribution is 0.0995. The molecule has 0 saturated heterocycles. The summed E-state index contributed by atoms with van der Waals surface area (Å²) in [6.45, 7) is 4.63. The molecule has 1 aliphatic rings. The Morgan fingerprint density at radius 1 is 1.13 bits per heavy atom. The largest absolute Gasteiger partial charge is 0.364 e. The van der Waals surface area contributed by atoms with Gasteiger partial charge in [-0.3, -0.25) is 4.79 Å². The molecular weight excluding hydrogens is 374 g/mol. The molecule has 4 aromatic rings. The van der Waals surface area contributed by atoms with Gasteiger partial charge in [-0.05, 0) is 54.0 Å². The first-order valence-electron chi connectivity index (χ1n) is 10.0. The summed E-state index contributed by atoms with van der Waals surface area (Å²) >= 11 is 0. The van der Waals surface area contributed by atoms with Gasteiger partial charge in [0.1, 0.15) is 0 Å². The van der Waals surface area contributed by atoms with Gasteiger partial charge in [0.15, 0.2) is 5.69 Å². The second kappa shape index (κ2) is 7.31. The number of aromatic nitrogens is 3. The van der Waals surface area contributed by atoms with E-state index in [1.807, 2.05) is 13.0 Å². The zero-order valence-corrected chi connectivity index (χ0v) is 16.8. The number of benzene rings is 2. The number of hydrogen-bond acceptors (Lipinski definition) is 3. The molecule has 5 rings (SSSR count). The molecule has 3 heterocycles. The molecule has 2 aromatic heterocycles. The summed E-state index contributed by atoms with van der Waals surface area (Å²) in [6.07, 6.45) is 4.36. The molecule has 0 spiro atoms. The van der Waals surface area contributed by atoms with E-state index in [9.17, 15) is 4.79 Å². The van der Waals surface area contributed by atoms with Crippen LogP contribution in [-0.2, 0) is 6.54 Å². The lowest BCUT2D eigenvalue weighted by atomic mass is 10.0. The van der Waals surface area contributed by atoms with E-state index in [1.165, 1.54) is 16.7 Å². The third kappa shape index (κ3) is 3.31. The van der Waals surface area contributed by atoms with Gasteiger partial charge in [-0.2, -0.15) is 5.10 Å². The molecule has 0 unspecified atom stereocenters. The molecule has 1 aliphatic heterocycles. The van der Waals surface area contributed by atoms with Crippen LogP contribution in [0.25, 0.3) is 22.2 Å². The van der Waals surface area contributed by atoms with E-state index in [4.69, 9.17) is 5.73 Å². The van der Waals surface area contributed by atoms with Crippen molar-refractivity contribution in [2.24, 2.45) is 5.73 Å². The molecule has 6 nitrogen and oxygen atoms in total. The van der Waals surface area contributed by atoms with E-state index in [0.29, 0.717) is 0 Å². The van der Waals surface area contributed by atoms with Crippen molar-refractivity contribution in [2.45, 2.75) is 13.5 Å². The minimum absolute atomic E-state index is 0.276. The van der Waals surface area contributed by atoms with Crippen molar-refractivity contribution in [2.75, 3.05) is 13.1 Å². The highest BCUT2D eigenvalue weighted by Crippen LogP contribution is 2.23. The summed E-state index contributed by atoms with van der Waals surface area (Å²) in [5, 5.41) is 8.80. The minimum atomic E-state index is -0.518. The van der Waals surface area contributed by atoms with Crippen molar-refractivity contribution >= 4 is 22.4 Å². The summed E-state index contributed by atoms with van der Waals surface area (Å²) in [4.78, 5) is 11.4. The first-order chi connectivity index (χ1) is 14.6. The molecule has 0 saturated carbocycles. The fraction of sp³-hybridized carbons (Fsp3) is 0.167. The van der Waals surface area contributed by atoms with Gasteiger partial charge in [0, 0.05) is 42.4 Å². The number of nitrogens with two attached hydrogens (primary N) is 1. The van der Waals surface area contributed by atoms with Gasteiger partial charge in [0.2, 0.25) is 0 Å². The van der Waals surface area contributed by atoms with E-state index in [2.05, 4.69) is 69.7 Å². The number of rotatable bonds is 5. The van der Waals surface area contributed by atoms with Crippen LogP contribution in [0.2, 0.25) is 0 Å². The lowest BCUT2D eigenvalue weighted by Gasteiger charge is -2.09. The highest BCUT2D eigenvalue weighted by Gasteiger charge is 2.12. The highest BCUT2D eigenvalue weighted by atomic mass is 16.1. The average molecular weight is 397 g/mol. The second-order valence-electron chi connectivity index (χ2n) is 7.69. The normalized spacial score (nSPS) is 13.7. The molecule has 30 heavy (non-hydrogen) atoms. The number of hydrogen-bond donors (Lipinski definition) is 2. The number of carbonyl (C=O) groups is 1. The fourth-order valence-electron chi connectivity index (χ4n) is 4.03. The number of aryl methyl sites for hydroxylation is 1. The maximum Gasteiger partial charge on any atom is 0.269 e. The Kier molecular flexibility index (Phi) is 4.48. The summed E-state index contributed by atoms with van der Waals surface area (Å²) in [7, 11) is 0. The van der Waals surface area contributed by atoms with Crippen LogP contribution in [0.15, 0.2) is 66.9 Å². The molecule has 0 radical (unpaired) electrons. The van der Waals surface area contributed by atoms with Crippen molar-refractivity contribution in [1.29, 1.82) is 0 Å². The zero-order chi connectivity index (χ0) is 20.7. The number of carbonyl (C=O) groups excluding carboxylic acids is 1. The number of fused-ring (bicyclic) bond motifs is 1. The van der Waals surface area contributed by atoms with Crippen LogP contribution >= 0.6 is 0 Å². The second-order valence-corrected chi connectivity index (χ2v) is 7.69. The summed E-state index contributed by atoms with van der Waals surface area (Å²) in [6, 6.07) is 18.8. The van der Waals surface area contributed by atoms with E-state index in [1.54, 1.807) is 10.7 Å². The van der Waals surface area contributed by atoms with Gasteiger partial charge in [-0.15, -0.1) is 0 Å². The van der Waals surface area contributed by atoms with Crippen molar-refractivity contribution in [3.05, 3.63) is 89.4 Å². The standard InChI is InChI=1S/C24H23N5O/c1-16-12-22(24(25)30)27-29(16)21-6-7-23-19(13-21)9-11-28(23)15-17-2-4-18(5-3-17)20-8-10-26-14-20/h2-9,11-13,26H,10,14-15H2,1H3,(H2,25,30). The van der Waals surface area contributed by atoms with Gasteiger partial charge in [-0.25, -0.2) is 4.68 Å². The topological polar surface area (TPSA) is 77.9 Å². The first kappa shape index (κ1) is 18.4. The Labute approximate surface area is 174 Å². The molecule has 6 heteroatoms. The van der Waals surface area contributed by atoms with Crippen LogP contribution in [0.1, 0.15) is 27.3 Å². The van der Waals surface area contributed by atoms with Crippen LogP contribution < -0.4 is 11.1 Å². The molecular formula is C24H23N5O. The van der Waals surface area contributed by atoms with Crippen molar-refractivity contribution in [3.63, 3.8) is 0 Å². The Balaban J connectivity index is 1.41. The van der Waals surface area contributed by atoms with Gasteiger partial charge in [0.05, 0.1) is 5.69 Å². The number of nitrogens with zero attached hydrogens (tertiary/aromatic N) is 3. The minimum Gasteiger partial charge on any atom is -0.364 e. The monoisotopic (exact) mass is 397 g/mol. The van der Waals surface area contributed by atoms with Crippen LogP contribution in [-0.4, -0.2) is 33.3 Å². The molecule has 3 N–H and O–H groups in total. The van der Waals surface area contributed by atoms with Gasteiger partial charge < -0.3 is 15.6 Å². The van der Waals surface area contributed by atoms with Gasteiger partial charge in [-0.1, -0.05) is 30.3 Å². The average Bonchev–Trinajstić information content (AvgIpc) is 3.49. The predicted molar refractivity (Wildman–Crippen MR) is 119 cm³/mol. The molecule has 0 atom stereocenters. The molecule has 1 amide bonds. The fourth-order valence-corrected chi connectivity index (χ4v) is 4.03. The molecule has 0 bridgehead atoms. The number of amides is 1. The van der Waals surface area contributed by atoms with Gasteiger partial charge in [0.25, 0.3) is 5.91 Å². The summed E-state index contributed by atoms with van der Waals surface area (Å²) in [5.41, 5.74) is 12.5. The van der Waals surface area contributed by atoms with Crippen LogP contribution in [0, 0.1) is 6.92 Å². The molecule has 0 aliphatic carbocycles. The van der Waals surface area contributed by atoms with E-state index in [-0.39, 0.29) is 5.69 Å². The van der Waals surface area contributed by atoms with E-state index >= 15 is 0 Å². The lowest BCUT2D eigenvalue weighted by Crippen LogP contribution is -2.12. The molecule has 2 aromatic carbocycles. The van der Waals surface area contributed by atoms with Crippen molar-refractivity contribution in [1.82, 2.24) is 19.7 Å². The summed E-state index contributed by atoms with van der Waals surface area (Å²) < 4.78 is 4.00. The van der Waals surface area contributed by atoms with Gasteiger partial charge >= 0.3 is 0 Å². The maximum atomic E-state index is 11.4. The Morgan fingerprint density at radius 2 is 1.97 bits per heavy atom. The quantitative estimate of drug-likeness (QED) is 0.543. The number of primary amides is 1. The smallest absolute Gasteiger partial charge is 0.269 e. The third-order valence-corrected chi connectivity index (χ3v) is 5.62. The number of nitrogens with one attached hydrogen (secondary N) is 1. The van der Waals surface area contributed by atoms with E-state index in [0.717, 1.165) is 41.9 Å². The van der Waals surface area contributed by atoms with Crippen molar-refractivity contribution in [3.8, 4) is 5.69 Å². The predicted octanol–water partition coefficient (Wildman–Crippen LogP) is 3.27. The molecule has 0 fully saturated rings. The van der Waals surface area contributed by atoms with E-state index < -0.39 is 5.91 Å². The Morgan fingerprint density at radius 3 is 2.67 bits per heavy atom. The summed E-state index contributed by atoms with van der Waals surface area (Å²) in [5.74, 6) is -0.518. The third-order valence-electron chi connectivity index (χ3n) is 5.62. The highest BCUT2D eigenvalue weighted by molar-refractivity contribution is 5.91. The Bertz CT molecular complexity index is 1280. The SMILES string of the molecule is Cc1cc(C(N)=O)nn1-c1ccc2c(ccn2Cc2ccc(C3=CCNC3)cc2)c1. The van der Waals surface area contributed by atoms with Crippen molar-refractivity contribution < 1.29 is 4.79 Å². The Hall–Kier alpha value is -3.64. The zero-order valence-electron chi connectivity index (χ0n) is 16.8.